The van der Waals surface area contributed by atoms with E-state index in [9.17, 15) is 4.79 Å². The van der Waals surface area contributed by atoms with Crippen LogP contribution in [0.1, 0.15) is 29.2 Å². The highest BCUT2D eigenvalue weighted by Crippen LogP contribution is 2.19. The van der Waals surface area contributed by atoms with Crippen molar-refractivity contribution in [1.82, 2.24) is 9.88 Å². The van der Waals surface area contributed by atoms with Crippen molar-refractivity contribution < 1.29 is 14.6 Å². The van der Waals surface area contributed by atoms with Crippen molar-refractivity contribution >= 4 is 17.3 Å². The van der Waals surface area contributed by atoms with E-state index in [1.165, 1.54) is 11.3 Å². The quantitative estimate of drug-likeness (QED) is 0.887. The van der Waals surface area contributed by atoms with Gasteiger partial charge in [-0.15, -0.1) is 11.3 Å². The van der Waals surface area contributed by atoms with E-state index in [2.05, 4.69) is 9.88 Å². The van der Waals surface area contributed by atoms with Gasteiger partial charge < -0.3 is 9.84 Å². The molecule has 1 aromatic rings. The number of hydrogen-bond donors (Lipinski definition) is 1. The van der Waals surface area contributed by atoms with Crippen LogP contribution in [0.3, 0.4) is 0 Å². The fraction of sp³-hybridized carbons (Fsp3) is 0.636. The molecule has 2 rings (SSSR count). The van der Waals surface area contributed by atoms with E-state index in [-0.39, 0.29) is 17.9 Å². The number of ether oxygens (including phenoxy) is 1. The van der Waals surface area contributed by atoms with Gasteiger partial charge >= 0.3 is 5.97 Å². The molecule has 2 heterocycles. The first-order valence-corrected chi connectivity index (χ1v) is 6.47. The lowest BCUT2D eigenvalue weighted by Crippen LogP contribution is -2.44. The van der Waals surface area contributed by atoms with Crippen LogP contribution in [0.2, 0.25) is 0 Å². The average molecular weight is 256 g/mol. The molecule has 2 unspecified atom stereocenters. The maximum Gasteiger partial charge on any atom is 0.355 e. The number of thiazole rings is 1. The Bertz CT molecular complexity index is 397. The molecule has 1 fully saturated rings. The lowest BCUT2D eigenvalue weighted by Gasteiger charge is -2.35. The SMILES string of the molecule is CC1CN(Cc2scnc2C(=O)O)CC(C)O1. The Kier molecular flexibility index (Phi) is 3.76. The second-order valence-electron chi connectivity index (χ2n) is 4.38. The molecule has 1 aromatic heterocycles. The van der Waals surface area contributed by atoms with Gasteiger partial charge in [0.2, 0.25) is 0 Å². The van der Waals surface area contributed by atoms with Crippen LogP contribution in [0.4, 0.5) is 0 Å². The summed E-state index contributed by atoms with van der Waals surface area (Å²) in [5.41, 5.74) is 1.77. The summed E-state index contributed by atoms with van der Waals surface area (Å²) < 4.78 is 5.64. The summed E-state index contributed by atoms with van der Waals surface area (Å²) >= 11 is 1.40. The summed E-state index contributed by atoms with van der Waals surface area (Å²) in [6.07, 6.45) is 0.389. The second-order valence-corrected chi connectivity index (χ2v) is 5.32. The van der Waals surface area contributed by atoms with Crippen molar-refractivity contribution in [2.45, 2.75) is 32.6 Å². The molecule has 0 aliphatic carbocycles. The largest absolute Gasteiger partial charge is 0.476 e. The maximum absolute atomic E-state index is 11.0. The Labute approximate surface area is 104 Å². The zero-order chi connectivity index (χ0) is 12.4. The zero-order valence-corrected chi connectivity index (χ0v) is 10.7. The number of nitrogens with zero attached hydrogens (tertiary/aromatic N) is 2. The Morgan fingerprint density at radius 3 is 2.82 bits per heavy atom. The van der Waals surface area contributed by atoms with E-state index >= 15 is 0 Å². The number of rotatable bonds is 3. The van der Waals surface area contributed by atoms with E-state index in [1.807, 2.05) is 13.8 Å². The highest BCUT2D eigenvalue weighted by atomic mass is 32.1. The summed E-state index contributed by atoms with van der Waals surface area (Å²) in [4.78, 5) is 17.9. The summed E-state index contributed by atoms with van der Waals surface area (Å²) in [6.45, 7) is 6.38. The fourth-order valence-electron chi connectivity index (χ4n) is 2.17. The molecule has 2 atom stereocenters. The lowest BCUT2D eigenvalue weighted by molar-refractivity contribution is -0.0702. The molecule has 1 saturated heterocycles. The van der Waals surface area contributed by atoms with Crippen LogP contribution in [0.5, 0.6) is 0 Å². The monoisotopic (exact) mass is 256 g/mol. The van der Waals surface area contributed by atoms with Gasteiger partial charge in [-0.05, 0) is 13.8 Å². The van der Waals surface area contributed by atoms with E-state index in [0.29, 0.717) is 6.54 Å². The first kappa shape index (κ1) is 12.5. The predicted molar refractivity (Wildman–Crippen MR) is 64.4 cm³/mol. The predicted octanol–water partition coefficient (Wildman–Crippen LogP) is 1.45. The number of aromatic nitrogens is 1. The van der Waals surface area contributed by atoms with Gasteiger partial charge in [0.05, 0.1) is 22.6 Å². The molecule has 5 nitrogen and oxygen atoms in total. The Balaban J connectivity index is 2.05. The summed E-state index contributed by atoms with van der Waals surface area (Å²) in [6, 6.07) is 0. The van der Waals surface area contributed by atoms with Crippen LogP contribution in [0.25, 0.3) is 0 Å². The summed E-state index contributed by atoms with van der Waals surface area (Å²) in [5.74, 6) is -0.949. The smallest absolute Gasteiger partial charge is 0.355 e. The molecule has 0 bridgehead atoms. The third kappa shape index (κ3) is 3.02. The normalized spacial score (nSPS) is 26.0. The third-order valence-corrected chi connectivity index (χ3v) is 3.52. The van der Waals surface area contributed by atoms with Gasteiger partial charge in [-0.3, -0.25) is 4.90 Å². The molecule has 1 aliphatic rings. The Morgan fingerprint density at radius 2 is 2.24 bits per heavy atom. The van der Waals surface area contributed by atoms with Crippen LogP contribution in [0, 0.1) is 0 Å². The van der Waals surface area contributed by atoms with Crippen LogP contribution in [-0.4, -0.2) is 46.3 Å². The molecule has 0 aromatic carbocycles. The van der Waals surface area contributed by atoms with Gasteiger partial charge in [0, 0.05) is 19.6 Å². The number of carboxylic acids is 1. The molecule has 0 saturated carbocycles. The first-order chi connectivity index (χ1) is 8.06. The molecule has 6 heteroatoms. The summed E-state index contributed by atoms with van der Waals surface area (Å²) in [5, 5.41) is 8.99. The molecular weight excluding hydrogens is 240 g/mol. The first-order valence-electron chi connectivity index (χ1n) is 5.59. The van der Waals surface area contributed by atoms with Gasteiger partial charge in [-0.1, -0.05) is 0 Å². The summed E-state index contributed by atoms with van der Waals surface area (Å²) in [7, 11) is 0. The minimum atomic E-state index is -0.949. The van der Waals surface area contributed by atoms with Crippen LogP contribution < -0.4 is 0 Å². The van der Waals surface area contributed by atoms with Crippen molar-refractivity contribution in [3.05, 3.63) is 16.1 Å². The van der Waals surface area contributed by atoms with Crippen LogP contribution in [0.15, 0.2) is 5.51 Å². The molecule has 1 aliphatic heterocycles. The van der Waals surface area contributed by atoms with Crippen molar-refractivity contribution in [2.24, 2.45) is 0 Å². The van der Waals surface area contributed by atoms with Crippen molar-refractivity contribution in [2.75, 3.05) is 13.1 Å². The van der Waals surface area contributed by atoms with Gasteiger partial charge in [0.25, 0.3) is 0 Å². The number of morpholine rings is 1. The van der Waals surface area contributed by atoms with Crippen molar-refractivity contribution in [3.8, 4) is 0 Å². The van der Waals surface area contributed by atoms with Crippen molar-refractivity contribution in [1.29, 1.82) is 0 Å². The molecule has 17 heavy (non-hydrogen) atoms. The van der Waals surface area contributed by atoms with Gasteiger partial charge in [-0.25, -0.2) is 9.78 Å². The Hall–Kier alpha value is -0.980. The van der Waals surface area contributed by atoms with Crippen LogP contribution >= 0.6 is 11.3 Å². The lowest BCUT2D eigenvalue weighted by atomic mass is 10.2. The Morgan fingerprint density at radius 1 is 1.59 bits per heavy atom. The molecular formula is C11H16N2O3S. The topological polar surface area (TPSA) is 62.7 Å². The van der Waals surface area contributed by atoms with E-state index in [1.54, 1.807) is 5.51 Å². The average Bonchev–Trinajstić information content (AvgIpc) is 2.63. The number of aromatic carboxylic acids is 1. The minimum Gasteiger partial charge on any atom is -0.476 e. The standard InChI is InChI=1S/C11H16N2O3S/c1-7-3-13(4-8(2)16-7)5-9-10(11(14)15)12-6-17-9/h6-8H,3-5H2,1-2H3,(H,14,15). The van der Waals surface area contributed by atoms with Crippen LogP contribution in [-0.2, 0) is 11.3 Å². The van der Waals surface area contributed by atoms with E-state index < -0.39 is 5.97 Å². The van der Waals surface area contributed by atoms with Crippen molar-refractivity contribution in [3.63, 3.8) is 0 Å². The zero-order valence-electron chi connectivity index (χ0n) is 9.92. The third-order valence-electron chi connectivity index (χ3n) is 2.71. The van der Waals surface area contributed by atoms with Gasteiger partial charge in [0.1, 0.15) is 0 Å². The van der Waals surface area contributed by atoms with E-state index in [0.717, 1.165) is 18.0 Å². The second kappa shape index (κ2) is 5.12. The number of carbonyl (C=O) groups is 1. The van der Waals surface area contributed by atoms with E-state index in [4.69, 9.17) is 9.84 Å². The fourth-order valence-corrected chi connectivity index (χ4v) is 2.97. The molecule has 1 N–H and O–H groups in total. The molecule has 94 valence electrons. The molecule has 0 radical (unpaired) electrons. The number of hydrogen-bond acceptors (Lipinski definition) is 5. The molecule has 0 spiro atoms. The number of carboxylic acid groups (broad SMARTS) is 1. The van der Waals surface area contributed by atoms with Gasteiger partial charge in [-0.2, -0.15) is 0 Å². The highest BCUT2D eigenvalue weighted by molar-refractivity contribution is 7.09. The highest BCUT2D eigenvalue weighted by Gasteiger charge is 2.24. The minimum absolute atomic E-state index is 0.182. The van der Waals surface area contributed by atoms with Gasteiger partial charge in [0.15, 0.2) is 5.69 Å². The maximum atomic E-state index is 11.0. The molecule has 0 amide bonds.